The van der Waals surface area contributed by atoms with Crippen LogP contribution in [-0.4, -0.2) is 45.4 Å². The topological polar surface area (TPSA) is 66.9 Å². The van der Waals surface area contributed by atoms with E-state index in [1.165, 1.54) is 18.4 Å². The van der Waals surface area contributed by atoms with E-state index in [1.807, 2.05) is 49.4 Å². The van der Waals surface area contributed by atoms with Crippen molar-refractivity contribution in [3.8, 4) is 5.75 Å². The summed E-state index contributed by atoms with van der Waals surface area (Å²) in [7, 11) is -0.494. The minimum atomic E-state index is -3.51. The van der Waals surface area contributed by atoms with E-state index < -0.39 is 16.1 Å². The van der Waals surface area contributed by atoms with Crippen LogP contribution in [0.2, 0.25) is 0 Å². The minimum absolute atomic E-state index is 0.113. The highest BCUT2D eigenvalue weighted by atomic mass is 32.2. The van der Waals surface area contributed by atoms with E-state index in [0.717, 1.165) is 22.0 Å². The van der Waals surface area contributed by atoms with Crippen molar-refractivity contribution >= 4 is 32.4 Å². The van der Waals surface area contributed by atoms with Crippen molar-refractivity contribution in [1.82, 2.24) is 4.31 Å². The number of rotatable bonds is 6. The van der Waals surface area contributed by atoms with Gasteiger partial charge in [0.25, 0.3) is 5.91 Å². The van der Waals surface area contributed by atoms with Gasteiger partial charge in [0.15, 0.2) is 6.10 Å². The van der Waals surface area contributed by atoms with Gasteiger partial charge in [-0.1, -0.05) is 37.3 Å². The number of benzene rings is 3. The Morgan fingerprint density at radius 1 is 1.06 bits per heavy atom. The Morgan fingerprint density at radius 3 is 2.52 bits per heavy atom. The molecule has 0 aromatic heterocycles. The summed E-state index contributed by atoms with van der Waals surface area (Å²) in [5, 5.41) is 2.18. The van der Waals surface area contributed by atoms with Gasteiger partial charge < -0.3 is 9.64 Å². The summed E-state index contributed by atoms with van der Waals surface area (Å²) in [6.45, 7) is 2.44. The molecule has 162 valence electrons. The first-order valence-electron chi connectivity index (χ1n) is 10.3. The summed E-state index contributed by atoms with van der Waals surface area (Å²) in [6.07, 6.45) is 0.534. The van der Waals surface area contributed by atoms with Gasteiger partial charge >= 0.3 is 0 Å². The van der Waals surface area contributed by atoms with Crippen LogP contribution in [0.25, 0.3) is 10.8 Å². The highest BCUT2D eigenvalue weighted by Gasteiger charge is 2.32. The van der Waals surface area contributed by atoms with E-state index in [2.05, 4.69) is 0 Å². The molecule has 3 aromatic rings. The molecule has 6 nitrogen and oxygen atoms in total. The van der Waals surface area contributed by atoms with E-state index >= 15 is 0 Å². The monoisotopic (exact) mass is 438 g/mol. The second-order valence-electron chi connectivity index (χ2n) is 7.84. The molecule has 0 aliphatic carbocycles. The van der Waals surface area contributed by atoms with Crippen molar-refractivity contribution in [3.05, 3.63) is 66.2 Å². The molecule has 1 aliphatic rings. The highest BCUT2D eigenvalue weighted by molar-refractivity contribution is 7.89. The summed E-state index contributed by atoms with van der Waals surface area (Å²) >= 11 is 0. The number of sulfonamides is 1. The van der Waals surface area contributed by atoms with Crippen LogP contribution in [0.5, 0.6) is 5.75 Å². The van der Waals surface area contributed by atoms with Crippen molar-refractivity contribution in [1.29, 1.82) is 0 Å². The fourth-order valence-electron chi connectivity index (χ4n) is 3.87. The molecule has 0 fully saturated rings. The van der Waals surface area contributed by atoms with Crippen molar-refractivity contribution in [2.24, 2.45) is 0 Å². The smallest absolute Gasteiger partial charge is 0.268 e. The molecule has 1 aliphatic heterocycles. The summed E-state index contributed by atoms with van der Waals surface area (Å²) in [4.78, 5) is 15.2. The molecule has 1 atom stereocenters. The normalized spacial score (nSPS) is 14.6. The van der Waals surface area contributed by atoms with Crippen LogP contribution in [0, 0.1) is 0 Å². The molecule has 3 aromatic carbocycles. The Morgan fingerprint density at radius 2 is 1.81 bits per heavy atom. The number of amides is 1. The molecule has 0 spiro atoms. The standard InChI is InChI=1S/C24H26N2O4S/c1-4-23(30-20-10-9-17-7-5-6-8-18(17)15-20)24(27)26-14-13-19-16-21(11-12-22(19)26)31(28,29)25(2)3/h5-12,15-16,23H,4,13-14H2,1-3H3. The Hall–Kier alpha value is -2.90. The highest BCUT2D eigenvalue weighted by Crippen LogP contribution is 2.32. The van der Waals surface area contributed by atoms with Crippen molar-refractivity contribution in [2.45, 2.75) is 30.8 Å². The Bertz CT molecular complexity index is 1240. The number of nitrogens with zero attached hydrogens (tertiary/aromatic N) is 2. The number of hydrogen-bond donors (Lipinski definition) is 0. The molecule has 31 heavy (non-hydrogen) atoms. The predicted molar refractivity (Wildman–Crippen MR) is 122 cm³/mol. The maximum Gasteiger partial charge on any atom is 0.268 e. The third kappa shape index (κ3) is 4.03. The first-order valence-corrected chi connectivity index (χ1v) is 11.8. The van der Waals surface area contributed by atoms with E-state index in [9.17, 15) is 13.2 Å². The predicted octanol–water partition coefficient (Wildman–Crippen LogP) is 3.84. The lowest BCUT2D eigenvalue weighted by atomic mass is 10.1. The third-order valence-electron chi connectivity index (χ3n) is 5.64. The molecular formula is C24H26N2O4S. The van der Waals surface area contributed by atoms with Crippen LogP contribution >= 0.6 is 0 Å². The Kier molecular flexibility index (Phi) is 5.73. The molecule has 0 saturated carbocycles. The lowest BCUT2D eigenvalue weighted by Crippen LogP contribution is -2.41. The maximum absolute atomic E-state index is 13.3. The van der Waals surface area contributed by atoms with E-state index in [0.29, 0.717) is 25.1 Å². The number of ether oxygens (including phenoxy) is 1. The first kappa shape index (κ1) is 21.3. The molecule has 1 amide bonds. The molecule has 0 bridgehead atoms. The van der Waals surface area contributed by atoms with Gasteiger partial charge in [0, 0.05) is 26.3 Å². The zero-order chi connectivity index (χ0) is 22.2. The van der Waals surface area contributed by atoms with Crippen LogP contribution < -0.4 is 9.64 Å². The summed E-state index contributed by atoms with van der Waals surface area (Å²) < 4.78 is 32.1. The fourth-order valence-corrected chi connectivity index (χ4v) is 4.82. The van der Waals surface area contributed by atoms with Gasteiger partial charge in [-0.15, -0.1) is 0 Å². The van der Waals surface area contributed by atoms with E-state index in [-0.39, 0.29) is 10.8 Å². The zero-order valence-corrected chi connectivity index (χ0v) is 18.7. The van der Waals surface area contributed by atoms with Gasteiger partial charge in [-0.3, -0.25) is 4.79 Å². The first-order chi connectivity index (χ1) is 14.8. The van der Waals surface area contributed by atoms with Gasteiger partial charge in [-0.25, -0.2) is 12.7 Å². The third-order valence-corrected chi connectivity index (χ3v) is 7.45. The number of carbonyl (C=O) groups excluding carboxylic acids is 1. The van der Waals surface area contributed by atoms with Gasteiger partial charge in [0.1, 0.15) is 5.75 Å². The van der Waals surface area contributed by atoms with Crippen LogP contribution in [0.4, 0.5) is 5.69 Å². The van der Waals surface area contributed by atoms with E-state index in [1.54, 1.807) is 23.1 Å². The second-order valence-corrected chi connectivity index (χ2v) is 9.99. The summed E-state index contributed by atoms with van der Waals surface area (Å²) in [6, 6.07) is 18.8. The van der Waals surface area contributed by atoms with Gasteiger partial charge in [0.2, 0.25) is 10.0 Å². The van der Waals surface area contributed by atoms with Crippen LogP contribution in [0.1, 0.15) is 18.9 Å². The average Bonchev–Trinajstić information content (AvgIpc) is 3.20. The molecule has 1 unspecified atom stereocenters. The zero-order valence-electron chi connectivity index (χ0n) is 17.9. The maximum atomic E-state index is 13.3. The quantitative estimate of drug-likeness (QED) is 0.587. The van der Waals surface area contributed by atoms with Gasteiger partial charge in [-0.05, 0) is 59.5 Å². The van der Waals surface area contributed by atoms with Gasteiger partial charge in [0.05, 0.1) is 4.90 Å². The Balaban J connectivity index is 1.56. The van der Waals surface area contributed by atoms with Crippen molar-refractivity contribution < 1.29 is 17.9 Å². The lowest BCUT2D eigenvalue weighted by molar-refractivity contribution is -0.125. The van der Waals surface area contributed by atoms with E-state index in [4.69, 9.17) is 4.74 Å². The molecule has 0 saturated heterocycles. The minimum Gasteiger partial charge on any atom is -0.481 e. The van der Waals surface area contributed by atoms with Crippen LogP contribution in [0.3, 0.4) is 0 Å². The number of hydrogen-bond acceptors (Lipinski definition) is 4. The molecule has 1 heterocycles. The Labute approximate surface area is 183 Å². The SMILES string of the molecule is CCC(Oc1ccc2ccccc2c1)C(=O)N1CCc2cc(S(=O)(=O)N(C)C)ccc21. The second kappa shape index (κ2) is 8.32. The molecule has 7 heteroatoms. The average molecular weight is 439 g/mol. The van der Waals surface area contributed by atoms with Crippen LogP contribution in [0.15, 0.2) is 65.6 Å². The van der Waals surface area contributed by atoms with Crippen molar-refractivity contribution in [3.63, 3.8) is 0 Å². The molecule has 0 radical (unpaired) electrons. The molecular weight excluding hydrogens is 412 g/mol. The molecule has 4 rings (SSSR count). The van der Waals surface area contributed by atoms with Crippen LogP contribution in [-0.2, 0) is 21.2 Å². The fraction of sp³-hybridized carbons (Fsp3) is 0.292. The van der Waals surface area contributed by atoms with Crippen molar-refractivity contribution in [2.75, 3.05) is 25.5 Å². The largest absolute Gasteiger partial charge is 0.481 e. The number of fused-ring (bicyclic) bond motifs is 2. The summed E-state index contributed by atoms with van der Waals surface area (Å²) in [5.41, 5.74) is 1.61. The number of anilines is 1. The summed E-state index contributed by atoms with van der Waals surface area (Å²) in [5.74, 6) is 0.545. The van der Waals surface area contributed by atoms with Gasteiger partial charge in [-0.2, -0.15) is 0 Å². The molecule has 0 N–H and O–H groups in total. The number of carbonyl (C=O) groups is 1. The lowest BCUT2D eigenvalue weighted by Gasteiger charge is -2.24.